The van der Waals surface area contributed by atoms with Gasteiger partial charge >= 0.3 is 0 Å². The standard InChI is InChI=1S/C59H38N2/c1-37-12-9-15-39-26-27-41-17-11-22-52(57(41)55(37)39)51-21-10-16-40-28-31-45-36-44(32-33-48(45)56(40)51)47-35-34-46(49-18-5-6-19-50(47)49)38-24-29-43(30-25-38)59-60-54-23-8-7-20-53(54)58(61-59)42-13-3-2-4-14-42/h2-36H,1H3. The van der Waals surface area contributed by atoms with Gasteiger partial charge in [-0.1, -0.05) is 200 Å². The zero-order valence-corrected chi connectivity index (χ0v) is 33.6. The van der Waals surface area contributed by atoms with Gasteiger partial charge in [0.25, 0.3) is 0 Å². The molecule has 0 saturated carbocycles. The monoisotopic (exact) mass is 774 g/mol. The lowest BCUT2D eigenvalue weighted by atomic mass is 9.87. The number of aryl methyl sites for hydroxylation is 1. The van der Waals surface area contributed by atoms with Crippen LogP contribution in [0.2, 0.25) is 0 Å². The molecule has 2 nitrogen and oxygen atoms in total. The van der Waals surface area contributed by atoms with Gasteiger partial charge in [-0.05, 0) is 112 Å². The molecule has 0 radical (unpaired) electrons. The van der Waals surface area contributed by atoms with E-state index in [0.717, 1.165) is 39.1 Å². The first kappa shape index (κ1) is 35.0. The van der Waals surface area contributed by atoms with Crippen LogP contribution in [0.25, 0.3) is 121 Å². The Morgan fingerprint density at radius 3 is 1.59 bits per heavy atom. The molecule has 0 bridgehead atoms. The smallest absolute Gasteiger partial charge is 0.160 e. The third-order valence-corrected chi connectivity index (χ3v) is 12.6. The predicted molar refractivity (Wildman–Crippen MR) is 259 cm³/mol. The Morgan fingerprint density at radius 2 is 0.852 bits per heavy atom. The second kappa shape index (κ2) is 14.1. The summed E-state index contributed by atoms with van der Waals surface area (Å²) in [6, 6.07) is 77.0. The number of hydrogen-bond donors (Lipinski definition) is 0. The zero-order valence-electron chi connectivity index (χ0n) is 33.6. The molecular formula is C59H38N2. The SMILES string of the molecule is Cc1cccc2ccc3cccc(-c4cccc5ccc6cc(-c7ccc(-c8ccc(-c9nc(-c%10ccccc%10)c%10ccccc%10n9)cc8)c8ccccc78)ccc6c45)c3c12. The van der Waals surface area contributed by atoms with Crippen LogP contribution in [0.15, 0.2) is 212 Å². The summed E-state index contributed by atoms with van der Waals surface area (Å²) in [4.78, 5) is 10.1. The maximum atomic E-state index is 5.11. The second-order valence-electron chi connectivity index (χ2n) is 16.1. The lowest BCUT2D eigenvalue weighted by Crippen LogP contribution is -1.95. The number of benzene rings is 11. The van der Waals surface area contributed by atoms with Crippen molar-refractivity contribution >= 4 is 64.8 Å². The molecule has 1 heterocycles. The molecule has 12 aromatic rings. The van der Waals surface area contributed by atoms with E-state index in [2.05, 4.69) is 207 Å². The summed E-state index contributed by atoms with van der Waals surface area (Å²) < 4.78 is 0. The molecule has 0 aliphatic heterocycles. The van der Waals surface area contributed by atoms with Crippen LogP contribution >= 0.6 is 0 Å². The molecule has 61 heavy (non-hydrogen) atoms. The molecule has 11 aromatic carbocycles. The van der Waals surface area contributed by atoms with Gasteiger partial charge in [-0.25, -0.2) is 9.97 Å². The highest BCUT2D eigenvalue weighted by atomic mass is 14.9. The van der Waals surface area contributed by atoms with E-state index in [0.29, 0.717) is 0 Å². The fourth-order valence-electron chi connectivity index (χ4n) is 9.70. The molecule has 0 unspecified atom stereocenters. The van der Waals surface area contributed by atoms with Gasteiger partial charge in [-0.2, -0.15) is 0 Å². The zero-order chi connectivity index (χ0) is 40.4. The Balaban J connectivity index is 0.948. The van der Waals surface area contributed by atoms with Crippen LogP contribution < -0.4 is 0 Å². The summed E-state index contributed by atoms with van der Waals surface area (Å²) in [6.45, 7) is 2.23. The van der Waals surface area contributed by atoms with E-state index in [-0.39, 0.29) is 0 Å². The highest BCUT2D eigenvalue weighted by Crippen LogP contribution is 2.43. The Morgan fingerprint density at radius 1 is 0.295 bits per heavy atom. The van der Waals surface area contributed by atoms with Gasteiger partial charge in [-0.15, -0.1) is 0 Å². The molecule has 1 aromatic heterocycles. The van der Waals surface area contributed by atoms with Crippen LogP contribution in [-0.4, -0.2) is 9.97 Å². The highest BCUT2D eigenvalue weighted by Gasteiger charge is 2.17. The normalized spacial score (nSPS) is 11.7. The van der Waals surface area contributed by atoms with Crippen LogP contribution in [0, 0.1) is 6.92 Å². The van der Waals surface area contributed by atoms with E-state index >= 15 is 0 Å². The minimum atomic E-state index is 0.723. The molecule has 2 heteroatoms. The lowest BCUT2D eigenvalue weighted by molar-refractivity contribution is 1.23. The number of para-hydroxylation sites is 1. The number of aromatic nitrogens is 2. The average molecular weight is 775 g/mol. The quantitative estimate of drug-likeness (QED) is 0.163. The Hall–Kier alpha value is -7.94. The van der Waals surface area contributed by atoms with E-state index in [1.165, 1.54) is 87.2 Å². The van der Waals surface area contributed by atoms with Crippen molar-refractivity contribution in [1.29, 1.82) is 0 Å². The number of nitrogens with zero attached hydrogens (tertiary/aromatic N) is 2. The molecule has 0 amide bonds. The van der Waals surface area contributed by atoms with Crippen molar-refractivity contribution in [3.63, 3.8) is 0 Å². The minimum Gasteiger partial charge on any atom is -0.228 e. The van der Waals surface area contributed by atoms with Gasteiger partial charge in [0.05, 0.1) is 11.2 Å². The maximum absolute atomic E-state index is 5.11. The first-order valence-corrected chi connectivity index (χ1v) is 21.0. The van der Waals surface area contributed by atoms with Gasteiger partial charge in [-0.3, -0.25) is 0 Å². The minimum absolute atomic E-state index is 0.723. The molecule has 0 aliphatic carbocycles. The van der Waals surface area contributed by atoms with Crippen molar-refractivity contribution in [3.8, 4) is 56.0 Å². The van der Waals surface area contributed by atoms with Crippen molar-refractivity contribution in [2.24, 2.45) is 0 Å². The number of rotatable bonds is 5. The summed E-state index contributed by atoms with van der Waals surface area (Å²) >= 11 is 0. The lowest BCUT2D eigenvalue weighted by Gasteiger charge is -2.16. The summed E-state index contributed by atoms with van der Waals surface area (Å²) in [5, 5.41) is 13.7. The fourth-order valence-corrected chi connectivity index (χ4v) is 9.70. The second-order valence-corrected chi connectivity index (χ2v) is 16.1. The molecule has 0 fully saturated rings. The van der Waals surface area contributed by atoms with Crippen LogP contribution in [0.5, 0.6) is 0 Å². The first-order valence-electron chi connectivity index (χ1n) is 21.0. The summed E-state index contributed by atoms with van der Waals surface area (Å²) in [7, 11) is 0. The van der Waals surface area contributed by atoms with Gasteiger partial charge < -0.3 is 0 Å². The van der Waals surface area contributed by atoms with Crippen LogP contribution in [0.4, 0.5) is 0 Å². The Kier molecular flexibility index (Phi) is 8.11. The first-order chi connectivity index (χ1) is 30.2. The number of fused-ring (bicyclic) bond motifs is 8. The molecule has 0 spiro atoms. The Bertz CT molecular complexity index is 3700. The van der Waals surface area contributed by atoms with Crippen molar-refractivity contribution in [3.05, 3.63) is 218 Å². The topological polar surface area (TPSA) is 25.8 Å². The van der Waals surface area contributed by atoms with Crippen LogP contribution in [0.1, 0.15) is 5.56 Å². The third-order valence-electron chi connectivity index (χ3n) is 12.6. The van der Waals surface area contributed by atoms with Gasteiger partial charge in [0, 0.05) is 16.5 Å². The molecule has 12 rings (SSSR count). The van der Waals surface area contributed by atoms with E-state index < -0.39 is 0 Å². The van der Waals surface area contributed by atoms with Crippen molar-refractivity contribution < 1.29 is 0 Å². The largest absolute Gasteiger partial charge is 0.228 e. The van der Waals surface area contributed by atoms with Gasteiger partial charge in [0.1, 0.15) is 0 Å². The van der Waals surface area contributed by atoms with Crippen LogP contribution in [-0.2, 0) is 0 Å². The molecule has 284 valence electrons. The van der Waals surface area contributed by atoms with Gasteiger partial charge in [0.2, 0.25) is 0 Å². The van der Waals surface area contributed by atoms with Crippen molar-refractivity contribution in [1.82, 2.24) is 9.97 Å². The van der Waals surface area contributed by atoms with E-state index in [1.54, 1.807) is 0 Å². The predicted octanol–water partition coefficient (Wildman–Crippen LogP) is 16.0. The van der Waals surface area contributed by atoms with Crippen molar-refractivity contribution in [2.45, 2.75) is 6.92 Å². The third kappa shape index (κ3) is 5.79. The van der Waals surface area contributed by atoms with E-state index in [4.69, 9.17) is 9.97 Å². The molecule has 0 N–H and O–H groups in total. The molecule has 0 aliphatic rings. The molecule has 0 atom stereocenters. The summed E-state index contributed by atoms with van der Waals surface area (Å²) in [6.07, 6.45) is 0. The molecule has 0 saturated heterocycles. The van der Waals surface area contributed by atoms with Gasteiger partial charge in [0.15, 0.2) is 5.82 Å². The average Bonchev–Trinajstić information content (AvgIpc) is 3.33. The fraction of sp³-hybridized carbons (Fsp3) is 0.0169. The van der Waals surface area contributed by atoms with Crippen LogP contribution in [0.3, 0.4) is 0 Å². The summed E-state index contributed by atoms with van der Waals surface area (Å²) in [5.74, 6) is 0.723. The Labute approximate surface area is 354 Å². The van der Waals surface area contributed by atoms with E-state index in [9.17, 15) is 0 Å². The maximum Gasteiger partial charge on any atom is 0.160 e. The highest BCUT2D eigenvalue weighted by molar-refractivity contribution is 6.22. The van der Waals surface area contributed by atoms with Crippen molar-refractivity contribution in [2.75, 3.05) is 0 Å². The molecular weight excluding hydrogens is 737 g/mol. The number of hydrogen-bond acceptors (Lipinski definition) is 2. The summed E-state index contributed by atoms with van der Waals surface area (Å²) in [5.41, 5.74) is 12.6. The van der Waals surface area contributed by atoms with E-state index in [1.807, 2.05) is 12.1 Å².